The number of pyridine rings is 1. The highest BCUT2D eigenvalue weighted by Crippen LogP contribution is 2.38. The van der Waals surface area contributed by atoms with Gasteiger partial charge in [0.05, 0.1) is 6.54 Å². The molecule has 8 heteroatoms. The summed E-state index contributed by atoms with van der Waals surface area (Å²) in [5.74, 6) is 1.91. The largest absolute Gasteiger partial charge is 0.396 e. The minimum atomic E-state index is 0. The van der Waals surface area contributed by atoms with Crippen LogP contribution in [0.25, 0.3) is 0 Å². The maximum absolute atomic E-state index is 9.57. The Kier molecular flexibility index (Phi) is 11.3. The average molecular weight is 545 g/mol. The first-order chi connectivity index (χ1) is 14.6. The molecular formula is C23H41IN6O. The molecule has 1 aliphatic heterocycles. The van der Waals surface area contributed by atoms with E-state index in [1.165, 1.54) is 37.7 Å². The van der Waals surface area contributed by atoms with E-state index in [-0.39, 0.29) is 36.0 Å². The summed E-state index contributed by atoms with van der Waals surface area (Å²) in [7, 11) is 2.17. The van der Waals surface area contributed by atoms with Crippen LogP contribution in [-0.2, 0) is 6.54 Å². The molecule has 0 unspecified atom stereocenters. The lowest BCUT2D eigenvalue weighted by Gasteiger charge is -2.37. The Bertz CT molecular complexity index is 666. The summed E-state index contributed by atoms with van der Waals surface area (Å²) in [6.07, 6.45) is 9.01. The standard InChI is InChI=1S/C23H40N6O.HI/c1-3-24-22(27-19-23(10-16-30)8-5-4-6-9-23)26-18-20-7-11-25-21(17-20)29-14-12-28(2)13-15-29;/h7,11,17,30H,3-6,8-10,12-16,18-19H2,1-2H3,(H2,24,26,27);1H. The van der Waals surface area contributed by atoms with Crippen molar-refractivity contribution in [3.63, 3.8) is 0 Å². The molecule has 0 atom stereocenters. The monoisotopic (exact) mass is 544 g/mol. The molecule has 31 heavy (non-hydrogen) atoms. The van der Waals surface area contributed by atoms with E-state index in [4.69, 9.17) is 4.99 Å². The van der Waals surface area contributed by atoms with E-state index >= 15 is 0 Å². The number of anilines is 1. The molecular weight excluding hydrogens is 503 g/mol. The number of hydrogen-bond donors (Lipinski definition) is 3. The zero-order valence-corrected chi connectivity index (χ0v) is 21.6. The first-order valence-corrected chi connectivity index (χ1v) is 11.7. The van der Waals surface area contributed by atoms with E-state index in [1.54, 1.807) is 0 Å². The third-order valence-electron chi connectivity index (χ3n) is 6.59. The van der Waals surface area contributed by atoms with Gasteiger partial charge in [-0.2, -0.15) is 0 Å². The Morgan fingerprint density at radius 3 is 2.58 bits per heavy atom. The van der Waals surface area contributed by atoms with Gasteiger partial charge >= 0.3 is 0 Å². The smallest absolute Gasteiger partial charge is 0.191 e. The lowest BCUT2D eigenvalue weighted by molar-refractivity contribution is 0.131. The summed E-state index contributed by atoms with van der Waals surface area (Å²) in [5.41, 5.74) is 1.38. The van der Waals surface area contributed by atoms with Crippen LogP contribution in [0.5, 0.6) is 0 Å². The van der Waals surface area contributed by atoms with Crippen molar-refractivity contribution in [2.75, 3.05) is 57.8 Å². The van der Waals surface area contributed by atoms with Crippen LogP contribution in [0.3, 0.4) is 0 Å². The number of aliphatic imine (C=N–C) groups is 1. The first kappa shape index (κ1) is 26.1. The van der Waals surface area contributed by atoms with Crippen molar-refractivity contribution in [2.24, 2.45) is 10.4 Å². The number of aliphatic hydroxyl groups is 1. The second-order valence-corrected chi connectivity index (χ2v) is 8.90. The van der Waals surface area contributed by atoms with E-state index in [1.807, 2.05) is 6.20 Å². The minimum absolute atomic E-state index is 0. The molecule has 0 aromatic carbocycles. The number of nitrogens with zero attached hydrogens (tertiary/aromatic N) is 4. The number of piperazine rings is 1. The van der Waals surface area contributed by atoms with Crippen LogP contribution in [0, 0.1) is 5.41 Å². The maximum Gasteiger partial charge on any atom is 0.191 e. The second-order valence-electron chi connectivity index (χ2n) is 8.90. The van der Waals surface area contributed by atoms with Gasteiger partial charge in [-0.15, -0.1) is 24.0 Å². The van der Waals surface area contributed by atoms with E-state index in [2.05, 4.69) is 51.5 Å². The van der Waals surface area contributed by atoms with Crippen molar-refractivity contribution in [3.05, 3.63) is 23.9 Å². The fourth-order valence-corrected chi connectivity index (χ4v) is 4.60. The number of aromatic nitrogens is 1. The lowest BCUT2D eigenvalue weighted by atomic mass is 9.72. The molecule has 1 saturated heterocycles. The number of aliphatic hydroxyl groups excluding tert-OH is 1. The minimum Gasteiger partial charge on any atom is -0.396 e. The van der Waals surface area contributed by atoms with Crippen LogP contribution >= 0.6 is 24.0 Å². The molecule has 0 spiro atoms. The zero-order chi connectivity index (χ0) is 21.2. The summed E-state index contributed by atoms with van der Waals surface area (Å²) < 4.78 is 0. The molecule has 0 radical (unpaired) electrons. The van der Waals surface area contributed by atoms with Crippen LogP contribution in [0.15, 0.2) is 23.3 Å². The SMILES string of the molecule is CCNC(=NCc1ccnc(N2CCN(C)CC2)c1)NCC1(CCO)CCCCC1.I. The fourth-order valence-electron chi connectivity index (χ4n) is 4.60. The van der Waals surface area contributed by atoms with Crippen molar-refractivity contribution in [1.82, 2.24) is 20.5 Å². The Balaban J connectivity index is 0.00000341. The average Bonchev–Trinajstić information content (AvgIpc) is 2.77. The lowest BCUT2D eigenvalue weighted by Crippen LogP contribution is -2.45. The van der Waals surface area contributed by atoms with Crippen molar-refractivity contribution >= 4 is 35.8 Å². The fraction of sp³-hybridized carbons (Fsp3) is 0.739. The third kappa shape index (κ3) is 8.05. The van der Waals surface area contributed by atoms with Gasteiger partial charge in [-0.1, -0.05) is 19.3 Å². The summed E-state index contributed by atoms with van der Waals surface area (Å²) >= 11 is 0. The molecule has 3 rings (SSSR count). The first-order valence-electron chi connectivity index (χ1n) is 11.7. The van der Waals surface area contributed by atoms with Gasteiger partial charge in [-0.05, 0) is 56.3 Å². The number of halogens is 1. The van der Waals surface area contributed by atoms with Crippen LogP contribution in [0.2, 0.25) is 0 Å². The Labute approximate surface area is 205 Å². The normalized spacial score (nSPS) is 19.6. The molecule has 1 aliphatic carbocycles. The van der Waals surface area contributed by atoms with Crippen LogP contribution in [0.4, 0.5) is 5.82 Å². The van der Waals surface area contributed by atoms with Gasteiger partial charge in [0.2, 0.25) is 0 Å². The molecule has 1 aromatic rings. The highest BCUT2D eigenvalue weighted by Gasteiger charge is 2.31. The molecule has 3 N–H and O–H groups in total. The molecule has 176 valence electrons. The molecule has 2 fully saturated rings. The van der Waals surface area contributed by atoms with Crippen LogP contribution < -0.4 is 15.5 Å². The molecule has 2 heterocycles. The van der Waals surface area contributed by atoms with Crippen LogP contribution in [-0.4, -0.2) is 73.9 Å². The maximum atomic E-state index is 9.57. The number of nitrogens with one attached hydrogen (secondary N) is 2. The summed E-state index contributed by atoms with van der Waals surface area (Å²) in [4.78, 5) is 14.1. The summed E-state index contributed by atoms with van der Waals surface area (Å²) in [5, 5.41) is 16.5. The van der Waals surface area contributed by atoms with E-state index in [0.717, 1.165) is 57.5 Å². The summed E-state index contributed by atoms with van der Waals surface area (Å²) in [6, 6.07) is 4.23. The van der Waals surface area contributed by atoms with Gasteiger partial charge < -0.3 is 25.5 Å². The topological polar surface area (TPSA) is 76.0 Å². The predicted molar refractivity (Wildman–Crippen MR) is 139 cm³/mol. The zero-order valence-electron chi connectivity index (χ0n) is 19.3. The molecule has 2 aliphatic rings. The number of likely N-dealkylation sites (N-methyl/N-ethyl adjacent to an activating group) is 1. The van der Waals surface area contributed by atoms with Crippen molar-refractivity contribution in [1.29, 1.82) is 0 Å². The van der Waals surface area contributed by atoms with Crippen LogP contribution in [0.1, 0.15) is 51.0 Å². The molecule has 0 bridgehead atoms. The van der Waals surface area contributed by atoms with Gasteiger partial charge in [-0.25, -0.2) is 9.98 Å². The van der Waals surface area contributed by atoms with E-state index < -0.39 is 0 Å². The van der Waals surface area contributed by atoms with Gasteiger partial charge in [0.15, 0.2) is 5.96 Å². The second kappa shape index (κ2) is 13.4. The Hall–Kier alpha value is -1.13. The van der Waals surface area contributed by atoms with Gasteiger partial charge in [0.1, 0.15) is 5.82 Å². The van der Waals surface area contributed by atoms with Crippen molar-refractivity contribution in [2.45, 2.75) is 52.0 Å². The predicted octanol–water partition coefficient (Wildman–Crippen LogP) is 2.84. The summed E-state index contributed by atoms with van der Waals surface area (Å²) in [6.45, 7) is 8.90. The van der Waals surface area contributed by atoms with Gasteiger partial charge in [0.25, 0.3) is 0 Å². The third-order valence-corrected chi connectivity index (χ3v) is 6.59. The molecule has 0 amide bonds. The van der Waals surface area contributed by atoms with E-state index in [9.17, 15) is 5.11 Å². The highest BCUT2D eigenvalue weighted by atomic mass is 127. The molecule has 1 aromatic heterocycles. The highest BCUT2D eigenvalue weighted by molar-refractivity contribution is 14.0. The molecule has 1 saturated carbocycles. The number of rotatable bonds is 8. The van der Waals surface area contributed by atoms with Gasteiger partial charge in [-0.3, -0.25) is 0 Å². The Morgan fingerprint density at radius 1 is 1.16 bits per heavy atom. The van der Waals surface area contributed by atoms with Gasteiger partial charge in [0, 0.05) is 52.1 Å². The number of hydrogen-bond acceptors (Lipinski definition) is 5. The van der Waals surface area contributed by atoms with Crippen molar-refractivity contribution in [3.8, 4) is 0 Å². The van der Waals surface area contributed by atoms with E-state index in [0.29, 0.717) is 6.54 Å². The Morgan fingerprint density at radius 2 is 1.90 bits per heavy atom. The quantitative estimate of drug-likeness (QED) is 0.266. The number of guanidine groups is 1. The molecule has 7 nitrogen and oxygen atoms in total. The van der Waals surface area contributed by atoms with Crippen molar-refractivity contribution < 1.29 is 5.11 Å².